The van der Waals surface area contributed by atoms with Crippen molar-refractivity contribution < 1.29 is 18.8 Å². The molecule has 12 nitrogen and oxygen atoms in total. The number of rotatable bonds is 11. The predicted molar refractivity (Wildman–Crippen MR) is 207 cm³/mol. The SMILES string of the molecule is COc1ccc(C(=O)Nc2cc(Nc3ncc(Cl)c(Nc4ccccc4P(C)(C)=O)n3)c(OC)cc2N2CCC(N3CCN(C)CC3)CC2)cc1. The fourth-order valence-electron chi connectivity index (χ4n) is 6.61. The minimum Gasteiger partial charge on any atom is -0.497 e. The fraction of sp³-hybridized carbons (Fsp3) is 0.378. The van der Waals surface area contributed by atoms with Crippen molar-refractivity contribution in [3.8, 4) is 11.5 Å². The van der Waals surface area contributed by atoms with E-state index in [1.165, 1.54) is 6.20 Å². The van der Waals surface area contributed by atoms with Crippen molar-refractivity contribution in [2.45, 2.75) is 18.9 Å². The van der Waals surface area contributed by atoms with Crippen molar-refractivity contribution in [2.75, 3.05) is 94.7 Å². The monoisotopic (exact) mass is 732 g/mol. The Morgan fingerprint density at radius 3 is 2.25 bits per heavy atom. The highest BCUT2D eigenvalue weighted by Gasteiger charge is 2.29. The normalized spacial score (nSPS) is 16.1. The zero-order chi connectivity index (χ0) is 36.1. The number of hydrogen-bond donors (Lipinski definition) is 3. The third-order valence-electron chi connectivity index (χ3n) is 9.51. The number of para-hydroxylation sites is 1. The highest BCUT2D eigenvalue weighted by Crippen LogP contribution is 2.41. The lowest BCUT2D eigenvalue weighted by molar-refractivity contribution is 0.0981. The smallest absolute Gasteiger partial charge is 0.255 e. The number of nitrogens with one attached hydrogen (secondary N) is 3. The van der Waals surface area contributed by atoms with E-state index in [2.05, 4.69) is 47.7 Å². The Labute approximate surface area is 304 Å². The van der Waals surface area contributed by atoms with Crippen LogP contribution in [0, 0.1) is 0 Å². The molecular weight excluding hydrogens is 687 g/mol. The lowest BCUT2D eigenvalue weighted by Gasteiger charge is -2.43. The molecule has 4 aromatic rings. The molecule has 0 radical (unpaired) electrons. The Morgan fingerprint density at radius 2 is 1.59 bits per heavy atom. The molecule has 14 heteroatoms. The maximum Gasteiger partial charge on any atom is 0.255 e. The van der Waals surface area contributed by atoms with E-state index in [-0.39, 0.29) is 11.9 Å². The van der Waals surface area contributed by atoms with E-state index in [0.717, 1.165) is 57.8 Å². The molecule has 2 saturated heterocycles. The van der Waals surface area contributed by atoms with Gasteiger partial charge in [-0.1, -0.05) is 23.7 Å². The second kappa shape index (κ2) is 15.9. The first-order chi connectivity index (χ1) is 24.5. The van der Waals surface area contributed by atoms with Crippen molar-refractivity contribution in [3.63, 3.8) is 0 Å². The second-order valence-corrected chi connectivity index (χ2v) is 16.9. The summed E-state index contributed by atoms with van der Waals surface area (Å²) in [5.41, 5.74) is 3.20. The van der Waals surface area contributed by atoms with Crippen LogP contribution in [0.1, 0.15) is 23.2 Å². The number of piperidine rings is 1. The second-order valence-electron chi connectivity index (χ2n) is 13.3. The molecular formula is C37H46ClN8O4P. The van der Waals surface area contributed by atoms with Gasteiger partial charge in [-0.25, -0.2) is 4.98 Å². The average molecular weight is 733 g/mol. The van der Waals surface area contributed by atoms with Crippen LogP contribution in [-0.2, 0) is 4.57 Å². The highest BCUT2D eigenvalue weighted by atomic mass is 35.5. The van der Waals surface area contributed by atoms with E-state index < -0.39 is 7.14 Å². The number of hydrogen-bond acceptors (Lipinski definition) is 11. The third kappa shape index (κ3) is 8.76. The molecule has 3 N–H and O–H groups in total. The summed E-state index contributed by atoms with van der Waals surface area (Å²) in [6, 6.07) is 18.7. The largest absolute Gasteiger partial charge is 0.497 e. The number of aromatic nitrogens is 2. The molecule has 51 heavy (non-hydrogen) atoms. The van der Waals surface area contributed by atoms with E-state index in [4.69, 9.17) is 21.1 Å². The minimum atomic E-state index is -2.59. The Bertz CT molecular complexity index is 1890. The molecule has 2 fully saturated rings. The Morgan fingerprint density at radius 1 is 0.882 bits per heavy atom. The molecule has 270 valence electrons. The summed E-state index contributed by atoms with van der Waals surface area (Å²) in [5, 5.41) is 10.7. The average Bonchev–Trinajstić information content (AvgIpc) is 3.13. The molecule has 0 aliphatic carbocycles. The van der Waals surface area contributed by atoms with E-state index in [9.17, 15) is 9.36 Å². The number of anilines is 6. The number of piperazine rings is 1. The zero-order valence-electron chi connectivity index (χ0n) is 29.8. The van der Waals surface area contributed by atoms with Gasteiger partial charge in [0.15, 0.2) is 5.82 Å². The van der Waals surface area contributed by atoms with Gasteiger partial charge in [-0.15, -0.1) is 0 Å². The van der Waals surface area contributed by atoms with Crippen LogP contribution in [0.25, 0.3) is 0 Å². The number of benzene rings is 3. The van der Waals surface area contributed by atoms with E-state index in [1.54, 1.807) is 51.8 Å². The first kappa shape index (κ1) is 36.4. The van der Waals surface area contributed by atoms with Gasteiger partial charge in [0.1, 0.15) is 23.7 Å². The number of likely N-dealkylation sites (N-methyl/N-ethyl adjacent to an activating group) is 1. The summed E-state index contributed by atoms with van der Waals surface area (Å²) < 4.78 is 24.2. The Balaban J connectivity index is 1.29. The molecule has 6 rings (SSSR count). The maximum atomic E-state index is 13.6. The van der Waals surface area contributed by atoms with Crippen molar-refractivity contribution in [3.05, 3.63) is 77.4 Å². The quantitative estimate of drug-likeness (QED) is 0.150. The van der Waals surface area contributed by atoms with Gasteiger partial charge in [0.2, 0.25) is 5.95 Å². The number of carbonyl (C=O) groups excluding carboxylic acids is 1. The number of amides is 1. The lowest BCUT2D eigenvalue weighted by atomic mass is 10.0. The Hall–Kier alpha value is -4.35. The van der Waals surface area contributed by atoms with Crippen molar-refractivity contribution in [2.24, 2.45) is 0 Å². The summed E-state index contributed by atoms with van der Waals surface area (Å²) in [6.07, 6.45) is 3.55. The molecule has 3 heterocycles. The topological polar surface area (TPSA) is 124 Å². The van der Waals surface area contributed by atoms with E-state index in [1.807, 2.05) is 36.4 Å². The van der Waals surface area contributed by atoms with Crippen LogP contribution in [0.3, 0.4) is 0 Å². The molecule has 0 unspecified atom stereocenters. The molecule has 0 bridgehead atoms. The standard InChI is InChI=1S/C37H46ClN8O4P/c1-44-18-20-45(21-19-44)26-14-16-46(17-15-26)32-23-33(50-3)31(22-30(32)41-36(47)25-10-12-27(49-2)13-11-25)42-37-39-24-28(38)35(43-37)40-29-8-6-7-9-34(29)51(4,5)48/h6-13,22-24,26H,14-21H2,1-5H3,(H,41,47)(H2,39,40,42,43). The Kier molecular flexibility index (Phi) is 11.4. The molecule has 0 spiro atoms. The summed E-state index contributed by atoms with van der Waals surface area (Å²) in [6.45, 7) is 9.50. The lowest BCUT2D eigenvalue weighted by Crippen LogP contribution is -2.52. The van der Waals surface area contributed by atoms with Gasteiger partial charge in [0.25, 0.3) is 5.91 Å². The molecule has 0 saturated carbocycles. The predicted octanol–water partition coefficient (Wildman–Crippen LogP) is 6.35. The number of halogens is 1. The fourth-order valence-corrected chi connectivity index (χ4v) is 7.90. The van der Waals surface area contributed by atoms with Crippen LogP contribution in [0.2, 0.25) is 5.02 Å². The molecule has 2 aliphatic rings. The van der Waals surface area contributed by atoms with Gasteiger partial charge >= 0.3 is 0 Å². The molecule has 0 atom stereocenters. The van der Waals surface area contributed by atoms with Crippen molar-refractivity contribution in [1.29, 1.82) is 0 Å². The van der Waals surface area contributed by atoms with Crippen LogP contribution in [0.4, 0.5) is 34.5 Å². The van der Waals surface area contributed by atoms with Crippen LogP contribution < -0.4 is 35.6 Å². The molecule has 1 aromatic heterocycles. The third-order valence-corrected chi connectivity index (χ3v) is 11.3. The van der Waals surface area contributed by atoms with Crippen LogP contribution in [0.5, 0.6) is 11.5 Å². The van der Waals surface area contributed by atoms with Gasteiger partial charge in [0, 0.05) is 62.2 Å². The van der Waals surface area contributed by atoms with Gasteiger partial charge in [-0.3, -0.25) is 9.69 Å². The first-order valence-corrected chi connectivity index (χ1v) is 20.1. The maximum absolute atomic E-state index is 13.6. The summed E-state index contributed by atoms with van der Waals surface area (Å²) in [4.78, 5) is 30.0. The van der Waals surface area contributed by atoms with Gasteiger partial charge in [-0.05, 0) is 75.7 Å². The van der Waals surface area contributed by atoms with Gasteiger partial charge < -0.3 is 39.8 Å². The minimum absolute atomic E-state index is 0.251. The number of carbonyl (C=O) groups is 1. The van der Waals surface area contributed by atoms with Gasteiger partial charge in [-0.2, -0.15) is 4.98 Å². The summed E-state index contributed by atoms with van der Waals surface area (Å²) in [7, 11) is 2.80. The number of nitrogens with zero attached hydrogens (tertiary/aromatic N) is 5. The molecule has 1 amide bonds. The zero-order valence-corrected chi connectivity index (χ0v) is 31.4. The first-order valence-electron chi connectivity index (χ1n) is 17.1. The molecule has 2 aliphatic heterocycles. The summed E-state index contributed by atoms with van der Waals surface area (Å²) >= 11 is 6.53. The van der Waals surface area contributed by atoms with Gasteiger partial charge in [0.05, 0.1) is 43.2 Å². The van der Waals surface area contributed by atoms with Crippen molar-refractivity contribution in [1.82, 2.24) is 19.8 Å². The number of ether oxygens (including phenoxy) is 2. The highest BCUT2D eigenvalue weighted by molar-refractivity contribution is 7.70. The van der Waals surface area contributed by atoms with E-state index in [0.29, 0.717) is 56.3 Å². The van der Waals surface area contributed by atoms with Crippen LogP contribution in [0.15, 0.2) is 66.9 Å². The van der Waals surface area contributed by atoms with Crippen LogP contribution in [-0.4, -0.2) is 106 Å². The summed E-state index contributed by atoms with van der Waals surface area (Å²) in [5.74, 6) is 1.58. The van der Waals surface area contributed by atoms with Crippen LogP contribution >= 0.6 is 18.7 Å². The van der Waals surface area contributed by atoms with Crippen molar-refractivity contribution >= 4 is 64.5 Å². The molecule has 3 aromatic carbocycles. The number of methoxy groups -OCH3 is 2. The van der Waals surface area contributed by atoms with E-state index >= 15 is 0 Å².